The quantitative estimate of drug-likeness (QED) is 0.442. The lowest BCUT2D eigenvalue weighted by molar-refractivity contribution is 0.0947. The Morgan fingerprint density at radius 1 is 1.16 bits per heavy atom. The fourth-order valence-electron chi connectivity index (χ4n) is 3.35. The van der Waals surface area contributed by atoms with E-state index >= 15 is 0 Å². The third-order valence-electron chi connectivity index (χ3n) is 5.18. The van der Waals surface area contributed by atoms with Crippen LogP contribution in [-0.4, -0.2) is 44.5 Å². The molecule has 3 heterocycles. The molecule has 3 aromatic heterocycles. The third kappa shape index (κ3) is 4.69. The first-order valence-corrected chi connectivity index (χ1v) is 10.5. The molecule has 164 valence electrons. The van der Waals surface area contributed by atoms with Gasteiger partial charge in [-0.25, -0.2) is 0 Å². The summed E-state index contributed by atoms with van der Waals surface area (Å²) in [5.74, 6) is 0.868. The monoisotopic (exact) mass is 430 g/mol. The molecule has 1 amide bonds. The Morgan fingerprint density at radius 2 is 1.97 bits per heavy atom. The number of hydrogen-bond acceptors (Lipinski definition) is 5. The van der Waals surface area contributed by atoms with Crippen LogP contribution in [0.5, 0.6) is 5.75 Å². The van der Waals surface area contributed by atoms with E-state index in [0.717, 1.165) is 34.0 Å². The molecule has 2 N–H and O–H groups in total. The summed E-state index contributed by atoms with van der Waals surface area (Å²) in [4.78, 5) is 16.7. The SMILES string of the molecule is COc1ccc(-c2cc(-c3cccnc3)n(CCNC(=O)c3cc(C(C)C)[nH]n3)n2)cc1. The van der Waals surface area contributed by atoms with Crippen molar-refractivity contribution in [2.75, 3.05) is 13.7 Å². The van der Waals surface area contributed by atoms with Gasteiger partial charge in [0.05, 0.1) is 25.0 Å². The van der Waals surface area contributed by atoms with Crippen molar-refractivity contribution >= 4 is 5.91 Å². The summed E-state index contributed by atoms with van der Waals surface area (Å²) in [6, 6.07) is 15.5. The minimum atomic E-state index is -0.210. The van der Waals surface area contributed by atoms with Crippen molar-refractivity contribution in [2.24, 2.45) is 0 Å². The van der Waals surface area contributed by atoms with Crippen LogP contribution in [0.1, 0.15) is 35.9 Å². The normalized spacial score (nSPS) is 11.0. The van der Waals surface area contributed by atoms with E-state index < -0.39 is 0 Å². The van der Waals surface area contributed by atoms with Gasteiger partial charge in [0.25, 0.3) is 5.91 Å². The highest BCUT2D eigenvalue weighted by Crippen LogP contribution is 2.27. The summed E-state index contributed by atoms with van der Waals surface area (Å²) in [7, 11) is 1.64. The Bertz CT molecular complexity index is 1180. The second kappa shape index (κ2) is 9.47. The van der Waals surface area contributed by atoms with Crippen LogP contribution in [0.25, 0.3) is 22.5 Å². The van der Waals surface area contributed by atoms with Crippen molar-refractivity contribution in [3.8, 4) is 28.3 Å². The zero-order valence-electron chi connectivity index (χ0n) is 18.4. The molecule has 0 bridgehead atoms. The maximum absolute atomic E-state index is 12.5. The summed E-state index contributed by atoms with van der Waals surface area (Å²) >= 11 is 0. The molecule has 1 aromatic carbocycles. The highest BCUT2D eigenvalue weighted by Gasteiger charge is 2.14. The van der Waals surface area contributed by atoms with Gasteiger partial charge in [-0.2, -0.15) is 10.2 Å². The highest BCUT2D eigenvalue weighted by atomic mass is 16.5. The zero-order valence-corrected chi connectivity index (χ0v) is 18.4. The molecular formula is C24H26N6O2. The summed E-state index contributed by atoms with van der Waals surface area (Å²) in [6.07, 6.45) is 3.55. The number of benzene rings is 1. The molecule has 8 heteroatoms. The van der Waals surface area contributed by atoms with Crippen LogP contribution in [-0.2, 0) is 6.54 Å². The average molecular weight is 431 g/mol. The summed E-state index contributed by atoms with van der Waals surface area (Å²) < 4.78 is 7.14. The second-order valence-electron chi connectivity index (χ2n) is 7.73. The van der Waals surface area contributed by atoms with E-state index in [4.69, 9.17) is 9.84 Å². The molecule has 0 saturated carbocycles. The number of nitrogens with one attached hydrogen (secondary N) is 2. The van der Waals surface area contributed by atoms with Crippen LogP contribution in [0.15, 0.2) is 60.9 Å². The van der Waals surface area contributed by atoms with Gasteiger partial charge in [0.15, 0.2) is 0 Å². The van der Waals surface area contributed by atoms with E-state index in [0.29, 0.717) is 18.8 Å². The smallest absolute Gasteiger partial charge is 0.271 e. The largest absolute Gasteiger partial charge is 0.497 e. The van der Waals surface area contributed by atoms with Crippen molar-refractivity contribution in [3.63, 3.8) is 0 Å². The number of aromatic nitrogens is 5. The van der Waals surface area contributed by atoms with Gasteiger partial charge in [0, 0.05) is 35.8 Å². The molecule has 0 fully saturated rings. The molecule has 0 aliphatic carbocycles. The fraction of sp³-hybridized carbons (Fsp3) is 0.250. The predicted octanol–water partition coefficient (Wildman–Crippen LogP) is 3.90. The van der Waals surface area contributed by atoms with E-state index in [2.05, 4.69) is 20.5 Å². The molecule has 0 spiro atoms. The van der Waals surface area contributed by atoms with Gasteiger partial charge in [0.2, 0.25) is 0 Å². The number of pyridine rings is 1. The Balaban J connectivity index is 1.52. The lowest BCUT2D eigenvalue weighted by Gasteiger charge is -2.08. The molecule has 4 rings (SSSR count). The van der Waals surface area contributed by atoms with E-state index in [1.807, 2.05) is 61.0 Å². The summed E-state index contributed by atoms with van der Waals surface area (Å²) in [5.41, 5.74) is 5.04. The van der Waals surface area contributed by atoms with Gasteiger partial charge < -0.3 is 10.1 Å². The van der Waals surface area contributed by atoms with Crippen LogP contribution in [0.2, 0.25) is 0 Å². The first-order chi connectivity index (χ1) is 15.5. The van der Waals surface area contributed by atoms with Gasteiger partial charge in [-0.15, -0.1) is 0 Å². The minimum absolute atomic E-state index is 0.210. The molecule has 0 aliphatic heterocycles. The second-order valence-corrected chi connectivity index (χ2v) is 7.73. The molecule has 0 radical (unpaired) electrons. The fourth-order valence-corrected chi connectivity index (χ4v) is 3.35. The van der Waals surface area contributed by atoms with Gasteiger partial charge in [-0.1, -0.05) is 13.8 Å². The molecule has 0 unspecified atom stereocenters. The third-order valence-corrected chi connectivity index (χ3v) is 5.18. The first-order valence-electron chi connectivity index (χ1n) is 10.5. The van der Waals surface area contributed by atoms with Crippen LogP contribution in [0.3, 0.4) is 0 Å². The van der Waals surface area contributed by atoms with E-state index in [9.17, 15) is 4.79 Å². The number of nitrogens with zero attached hydrogens (tertiary/aromatic N) is 4. The maximum atomic E-state index is 12.5. The van der Waals surface area contributed by atoms with Gasteiger partial charge in [-0.05, 0) is 54.4 Å². The molecule has 0 saturated heterocycles. The topological polar surface area (TPSA) is 97.7 Å². The van der Waals surface area contributed by atoms with Crippen LogP contribution < -0.4 is 10.1 Å². The summed E-state index contributed by atoms with van der Waals surface area (Å²) in [5, 5.41) is 14.7. The van der Waals surface area contributed by atoms with Crippen molar-refractivity contribution in [1.29, 1.82) is 0 Å². The standard InChI is InChI=1S/C24H26N6O2/c1-16(2)20-13-22(28-27-20)24(31)26-11-12-30-23(18-5-4-10-25-15-18)14-21(29-30)17-6-8-19(32-3)9-7-17/h4-10,13-16H,11-12H2,1-3H3,(H,26,31)(H,27,28). The van der Waals surface area contributed by atoms with Crippen molar-refractivity contribution in [3.05, 3.63) is 72.3 Å². The first kappa shape index (κ1) is 21.3. The Morgan fingerprint density at radius 3 is 2.62 bits per heavy atom. The van der Waals surface area contributed by atoms with Crippen LogP contribution in [0.4, 0.5) is 0 Å². The van der Waals surface area contributed by atoms with Gasteiger partial charge in [-0.3, -0.25) is 19.6 Å². The Hall–Kier alpha value is -3.94. The van der Waals surface area contributed by atoms with Gasteiger partial charge in [0.1, 0.15) is 11.4 Å². The number of carbonyl (C=O) groups excluding carboxylic acids is 1. The highest BCUT2D eigenvalue weighted by molar-refractivity contribution is 5.92. The lowest BCUT2D eigenvalue weighted by atomic mass is 10.1. The van der Waals surface area contributed by atoms with Crippen molar-refractivity contribution in [1.82, 2.24) is 30.3 Å². The number of H-pyrrole nitrogens is 1. The molecule has 8 nitrogen and oxygen atoms in total. The van der Waals surface area contributed by atoms with E-state index in [1.54, 1.807) is 25.6 Å². The zero-order chi connectivity index (χ0) is 22.5. The Labute approximate surface area is 186 Å². The number of carbonyl (C=O) groups is 1. The lowest BCUT2D eigenvalue weighted by Crippen LogP contribution is -2.28. The molecule has 0 atom stereocenters. The Kier molecular flexibility index (Phi) is 6.30. The number of methoxy groups -OCH3 is 1. The van der Waals surface area contributed by atoms with E-state index in [1.165, 1.54) is 0 Å². The van der Waals surface area contributed by atoms with Crippen LogP contribution in [0, 0.1) is 0 Å². The van der Waals surface area contributed by atoms with Crippen LogP contribution >= 0.6 is 0 Å². The average Bonchev–Trinajstić information content (AvgIpc) is 3.48. The minimum Gasteiger partial charge on any atom is -0.497 e. The molecule has 4 aromatic rings. The number of hydrogen-bond donors (Lipinski definition) is 2. The number of ether oxygens (including phenoxy) is 1. The van der Waals surface area contributed by atoms with Crippen molar-refractivity contribution in [2.45, 2.75) is 26.3 Å². The van der Waals surface area contributed by atoms with Crippen molar-refractivity contribution < 1.29 is 9.53 Å². The molecule has 0 aliphatic rings. The molecular weight excluding hydrogens is 404 g/mol. The maximum Gasteiger partial charge on any atom is 0.271 e. The predicted molar refractivity (Wildman–Crippen MR) is 122 cm³/mol. The van der Waals surface area contributed by atoms with Gasteiger partial charge >= 0.3 is 0 Å². The number of aromatic amines is 1. The van der Waals surface area contributed by atoms with E-state index in [-0.39, 0.29) is 11.8 Å². The number of rotatable bonds is 8. The molecule has 32 heavy (non-hydrogen) atoms. The number of amides is 1. The summed E-state index contributed by atoms with van der Waals surface area (Å²) in [6.45, 7) is 5.02.